The average molecular weight is 389 g/mol. The lowest BCUT2D eigenvalue weighted by molar-refractivity contribution is -0.106. The molecule has 0 fully saturated rings. The third-order valence-corrected chi connectivity index (χ3v) is 5.20. The van der Waals surface area contributed by atoms with Crippen molar-refractivity contribution in [2.75, 3.05) is 26.1 Å². The topological polar surface area (TPSA) is 56.8 Å². The normalized spacial score (nSPS) is 12.5. The Hall–Kier alpha value is -3.15. The number of fused-ring (bicyclic) bond motifs is 3. The number of methoxy groups -OCH3 is 2. The molecule has 0 saturated heterocycles. The molecule has 0 spiro atoms. The van der Waals surface area contributed by atoms with Gasteiger partial charge < -0.3 is 14.2 Å². The van der Waals surface area contributed by atoms with Gasteiger partial charge in [0.05, 0.1) is 0 Å². The van der Waals surface area contributed by atoms with E-state index in [9.17, 15) is 4.79 Å². The summed E-state index contributed by atoms with van der Waals surface area (Å²) in [6, 6.07) is 23.8. The van der Waals surface area contributed by atoms with Gasteiger partial charge in [0.15, 0.2) is 6.29 Å². The van der Waals surface area contributed by atoms with Crippen molar-refractivity contribution >= 4 is 11.8 Å². The number of carbonyl (C=O) groups is 1. The van der Waals surface area contributed by atoms with Crippen LogP contribution in [-0.2, 0) is 14.2 Å². The Kier molecular flexibility index (Phi) is 5.60. The number of hydrogen-bond acceptors (Lipinski definition) is 4. The maximum atomic E-state index is 12.3. The fraction of sp³-hybridized carbons (Fsp3) is 0.208. The molecule has 0 radical (unpaired) electrons. The van der Waals surface area contributed by atoms with Crippen LogP contribution in [0.5, 0.6) is 0 Å². The van der Waals surface area contributed by atoms with Crippen LogP contribution in [-0.4, -0.2) is 26.9 Å². The van der Waals surface area contributed by atoms with E-state index in [1.165, 1.54) is 22.3 Å². The Morgan fingerprint density at radius 1 is 0.862 bits per heavy atom. The molecule has 5 heteroatoms. The number of ether oxygens (including phenoxy) is 3. The van der Waals surface area contributed by atoms with Crippen LogP contribution in [0.25, 0.3) is 11.1 Å². The molecule has 5 nitrogen and oxygen atoms in total. The zero-order valence-corrected chi connectivity index (χ0v) is 16.4. The highest BCUT2D eigenvalue weighted by molar-refractivity contribution is 5.85. The molecular formula is C24H23NO4. The van der Waals surface area contributed by atoms with Gasteiger partial charge in [0.1, 0.15) is 6.61 Å². The summed E-state index contributed by atoms with van der Waals surface area (Å²) in [5.41, 5.74) is 6.31. The van der Waals surface area contributed by atoms with Gasteiger partial charge in [-0.15, -0.1) is 0 Å². The zero-order chi connectivity index (χ0) is 20.2. The third kappa shape index (κ3) is 3.88. The monoisotopic (exact) mass is 389 g/mol. The molecule has 1 N–H and O–H groups in total. The summed E-state index contributed by atoms with van der Waals surface area (Å²) in [6.45, 7) is 0.285. The molecular weight excluding hydrogens is 366 g/mol. The Morgan fingerprint density at radius 3 is 1.97 bits per heavy atom. The quantitative estimate of drug-likeness (QED) is 0.578. The van der Waals surface area contributed by atoms with Crippen LogP contribution >= 0.6 is 0 Å². The number of amides is 1. The van der Waals surface area contributed by atoms with Crippen molar-refractivity contribution in [2.45, 2.75) is 12.2 Å². The number of hydrogen-bond donors (Lipinski definition) is 1. The summed E-state index contributed by atoms with van der Waals surface area (Å²) in [5, 5.41) is 2.77. The van der Waals surface area contributed by atoms with Crippen molar-refractivity contribution in [1.29, 1.82) is 0 Å². The van der Waals surface area contributed by atoms with Gasteiger partial charge in [0.2, 0.25) is 0 Å². The lowest BCUT2D eigenvalue weighted by Crippen LogP contribution is -2.18. The van der Waals surface area contributed by atoms with Crippen LogP contribution in [0.3, 0.4) is 0 Å². The first-order valence-electron chi connectivity index (χ1n) is 9.49. The molecule has 0 bridgehead atoms. The Bertz CT molecular complexity index is 950. The summed E-state index contributed by atoms with van der Waals surface area (Å²) in [5.74, 6) is 0.0414. The van der Waals surface area contributed by atoms with Gasteiger partial charge in [-0.1, -0.05) is 60.7 Å². The summed E-state index contributed by atoms with van der Waals surface area (Å²) in [4.78, 5) is 12.3. The minimum atomic E-state index is -0.477. The fourth-order valence-corrected chi connectivity index (χ4v) is 3.84. The first-order valence-corrected chi connectivity index (χ1v) is 9.49. The van der Waals surface area contributed by atoms with Gasteiger partial charge in [-0.2, -0.15) is 0 Å². The number of nitrogens with one attached hydrogen (secondary N) is 1. The maximum absolute atomic E-state index is 12.3. The van der Waals surface area contributed by atoms with Crippen molar-refractivity contribution in [1.82, 2.24) is 0 Å². The smallest absolute Gasteiger partial charge is 0.411 e. The molecule has 3 aromatic rings. The second-order valence-electron chi connectivity index (χ2n) is 6.88. The molecule has 1 aliphatic rings. The lowest BCUT2D eigenvalue weighted by atomic mass is 9.98. The minimum absolute atomic E-state index is 0.0414. The molecule has 29 heavy (non-hydrogen) atoms. The Morgan fingerprint density at radius 2 is 1.41 bits per heavy atom. The second kappa shape index (κ2) is 8.47. The standard InChI is InChI=1S/C24H23NO4/c1-27-23(28-2)16-11-13-17(14-12-16)25-24(26)29-15-22-20-9-5-3-7-18(20)19-8-4-6-10-21(19)22/h3-14,22-23H,15H2,1-2H3,(H,25,26). The van der Waals surface area contributed by atoms with Crippen LogP contribution in [0.1, 0.15) is 28.9 Å². The summed E-state index contributed by atoms with van der Waals surface area (Å²) in [7, 11) is 3.16. The average Bonchev–Trinajstić information content (AvgIpc) is 3.08. The van der Waals surface area contributed by atoms with Crippen molar-refractivity contribution in [3.63, 3.8) is 0 Å². The first-order chi connectivity index (χ1) is 14.2. The maximum Gasteiger partial charge on any atom is 0.411 e. The molecule has 3 aromatic carbocycles. The highest BCUT2D eigenvalue weighted by Crippen LogP contribution is 2.44. The highest BCUT2D eigenvalue weighted by Gasteiger charge is 2.29. The van der Waals surface area contributed by atoms with E-state index in [-0.39, 0.29) is 12.5 Å². The van der Waals surface area contributed by atoms with Gasteiger partial charge in [0, 0.05) is 31.4 Å². The molecule has 0 saturated carbocycles. The van der Waals surface area contributed by atoms with E-state index in [1.807, 2.05) is 36.4 Å². The summed E-state index contributed by atoms with van der Waals surface area (Å²) >= 11 is 0. The molecule has 1 aliphatic carbocycles. The van der Waals surface area contributed by atoms with Gasteiger partial charge in [-0.25, -0.2) is 4.79 Å². The van der Waals surface area contributed by atoms with Crippen LogP contribution in [0.4, 0.5) is 10.5 Å². The van der Waals surface area contributed by atoms with E-state index in [1.54, 1.807) is 26.4 Å². The summed E-state index contributed by atoms with van der Waals surface area (Å²) in [6.07, 6.45) is -0.909. The second-order valence-corrected chi connectivity index (χ2v) is 6.88. The van der Waals surface area contributed by atoms with Crippen LogP contribution in [0.2, 0.25) is 0 Å². The first kappa shape index (κ1) is 19.2. The van der Waals surface area contributed by atoms with Crippen LogP contribution in [0.15, 0.2) is 72.8 Å². The minimum Gasteiger partial charge on any atom is -0.448 e. The molecule has 148 valence electrons. The molecule has 1 amide bonds. The van der Waals surface area contributed by atoms with E-state index >= 15 is 0 Å². The lowest BCUT2D eigenvalue weighted by Gasteiger charge is -2.15. The van der Waals surface area contributed by atoms with Crippen molar-refractivity contribution in [3.05, 3.63) is 89.5 Å². The van der Waals surface area contributed by atoms with Crippen molar-refractivity contribution < 1.29 is 19.0 Å². The molecule has 0 aliphatic heterocycles. The largest absolute Gasteiger partial charge is 0.448 e. The molecule has 0 aromatic heterocycles. The number of carbonyl (C=O) groups excluding carboxylic acids is 1. The number of anilines is 1. The molecule has 4 rings (SSSR count). The van der Waals surface area contributed by atoms with Gasteiger partial charge in [-0.3, -0.25) is 5.32 Å². The predicted molar refractivity (Wildman–Crippen MR) is 112 cm³/mol. The molecule has 0 atom stereocenters. The van der Waals surface area contributed by atoms with E-state index in [0.29, 0.717) is 5.69 Å². The van der Waals surface area contributed by atoms with Gasteiger partial charge >= 0.3 is 6.09 Å². The number of benzene rings is 3. The fourth-order valence-electron chi connectivity index (χ4n) is 3.84. The summed E-state index contributed by atoms with van der Waals surface area (Å²) < 4.78 is 16.0. The van der Waals surface area contributed by atoms with Crippen LogP contribution < -0.4 is 5.32 Å². The van der Waals surface area contributed by atoms with E-state index < -0.39 is 12.4 Å². The molecule has 0 unspecified atom stereocenters. The highest BCUT2D eigenvalue weighted by atomic mass is 16.7. The SMILES string of the molecule is COC(OC)c1ccc(NC(=O)OCC2c3ccccc3-c3ccccc32)cc1. The van der Waals surface area contributed by atoms with Crippen molar-refractivity contribution in [2.24, 2.45) is 0 Å². The van der Waals surface area contributed by atoms with E-state index in [4.69, 9.17) is 14.2 Å². The predicted octanol–water partition coefficient (Wildman–Crippen LogP) is 5.34. The van der Waals surface area contributed by atoms with Gasteiger partial charge in [-0.05, 0) is 34.4 Å². The van der Waals surface area contributed by atoms with E-state index in [2.05, 4.69) is 29.6 Å². The third-order valence-electron chi connectivity index (χ3n) is 5.20. The zero-order valence-electron chi connectivity index (χ0n) is 16.4. The van der Waals surface area contributed by atoms with Gasteiger partial charge in [0.25, 0.3) is 0 Å². The molecule has 0 heterocycles. The Labute approximate surface area is 170 Å². The van der Waals surface area contributed by atoms with E-state index in [0.717, 1.165) is 5.56 Å². The number of rotatable bonds is 6. The Balaban J connectivity index is 1.41. The van der Waals surface area contributed by atoms with Crippen LogP contribution in [0, 0.1) is 0 Å². The van der Waals surface area contributed by atoms with Crippen molar-refractivity contribution in [3.8, 4) is 11.1 Å².